The molecule has 0 spiro atoms. The van der Waals surface area contributed by atoms with Crippen molar-refractivity contribution in [2.75, 3.05) is 5.43 Å². The Morgan fingerprint density at radius 2 is 2.00 bits per heavy atom. The molecule has 1 aromatic rings. The van der Waals surface area contributed by atoms with Crippen LogP contribution in [-0.2, 0) is 0 Å². The molecule has 2 rings (SSSR count). The maximum absolute atomic E-state index is 5.49. The maximum Gasteiger partial charge on any atom is 0.322 e. The Morgan fingerprint density at radius 3 is 2.61 bits per heavy atom. The second-order valence-electron chi connectivity index (χ2n) is 4.56. The Kier molecular flexibility index (Phi) is 4.60. The van der Waals surface area contributed by atoms with Crippen molar-refractivity contribution >= 4 is 17.7 Å². The average Bonchev–Trinajstić information content (AvgIpc) is 2.80. The first-order valence-corrected chi connectivity index (χ1v) is 7.11. The monoisotopic (exact) mass is 269 g/mol. The molecule has 0 unspecified atom stereocenters. The first-order valence-electron chi connectivity index (χ1n) is 6.23. The number of nitrogen functional groups attached to an aromatic ring is 1. The van der Waals surface area contributed by atoms with E-state index in [1.165, 1.54) is 25.7 Å². The number of hydrogen-bond donors (Lipinski definition) is 2. The molecule has 1 aliphatic carbocycles. The highest BCUT2D eigenvalue weighted by molar-refractivity contribution is 7.99. The summed E-state index contributed by atoms with van der Waals surface area (Å²) in [6.07, 6.45) is 5.06. The number of hydrogen-bond acceptors (Lipinski definition) is 7. The fourth-order valence-electron chi connectivity index (χ4n) is 1.87. The van der Waals surface area contributed by atoms with E-state index in [0.717, 1.165) is 0 Å². The molecule has 0 saturated heterocycles. The molecule has 3 N–H and O–H groups in total. The van der Waals surface area contributed by atoms with Gasteiger partial charge in [0.2, 0.25) is 5.95 Å². The van der Waals surface area contributed by atoms with Crippen molar-refractivity contribution in [2.24, 2.45) is 5.84 Å². The molecule has 1 saturated carbocycles. The molecule has 1 fully saturated rings. The summed E-state index contributed by atoms with van der Waals surface area (Å²) in [4.78, 5) is 12.6. The van der Waals surface area contributed by atoms with Crippen molar-refractivity contribution in [1.82, 2.24) is 15.0 Å². The topological polar surface area (TPSA) is 86.0 Å². The summed E-state index contributed by atoms with van der Waals surface area (Å²) in [5.74, 6) is 5.71. The highest BCUT2D eigenvalue weighted by atomic mass is 32.2. The van der Waals surface area contributed by atoms with Crippen LogP contribution < -0.4 is 16.0 Å². The molecule has 6 nitrogen and oxygen atoms in total. The summed E-state index contributed by atoms with van der Waals surface area (Å²) in [7, 11) is 0. The summed E-state index contributed by atoms with van der Waals surface area (Å²) in [6, 6.07) is 0.327. The molecule has 0 bridgehead atoms. The van der Waals surface area contributed by atoms with Crippen LogP contribution in [-0.4, -0.2) is 26.3 Å². The molecule has 18 heavy (non-hydrogen) atoms. The number of thioether (sulfide) groups is 1. The minimum atomic E-state index is 0.0300. The van der Waals surface area contributed by atoms with Crippen molar-refractivity contribution in [2.45, 2.75) is 56.0 Å². The quantitative estimate of drug-likeness (QED) is 0.624. The Labute approximate surface area is 111 Å². The molecule has 0 aliphatic heterocycles. The number of rotatable bonds is 5. The third kappa shape index (κ3) is 3.71. The van der Waals surface area contributed by atoms with Gasteiger partial charge in [-0.05, 0) is 26.7 Å². The van der Waals surface area contributed by atoms with Crippen LogP contribution >= 0.6 is 11.8 Å². The Bertz CT molecular complexity index is 395. The predicted octanol–water partition coefficient (Wildman–Crippen LogP) is 1.98. The molecule has 100 valence electrons. The molecule has 1 aromatic heterocycles. The fraction of sp³-hybridized carbons (Fsp3) is 0.727. The van der Waals surface area contributed by atoms with Gasteiger partial charge in [-0.25, -0.2) is 5.84 Å². The van der Waals surface area contributed by atoms with E-state index >= 15 is 0 Å². The van der Waals surface area contributed by atoms with Gasteiger partial charge in [0, 0.05) is 5.25 Å². The van der Waals surface area contributed by atoms with E-state index in [9.17, 15) is 0 Å². The minimum absolute atomic E-state index is 0.0300. The lowest BCUT2D eigenvalue weighted by Crippen LogP contribution is -2.15. The summed E-state index contributed by atoms with van der Waals surface area (Å²) < 4.78 is 5.49. The summed E-state index contributed by atoms with van der Waals surface area (Å²) in [5, 5.41) is 1.28. The van der Waals surface area contributed by atoms with E-state index in [0.29, 0.717) is 22.4 Å². The molecule has 7 heteroatoms. The number of hydrazine groups is 1. The minimum Gasteiger partial charge on any atom is -0.461 e. The second-order valence-corrected chi connectivity index (χ2v) is 5.83. The van der Waals surface area contributed by atoms with Crippen LogP contribution in [0.2, 0.25) is 0 Å². The highest BCUT2D eigenvalue weighted by Crippen LogP contribution is 2.33. The highest BCUT2D eigenvalue weighted by Gasteiger charge is 2.19. The van der Waals surface area contributed by atoms with Gasteiger partial charge < -0.3 is 4.74 Å². The lowest BCUT2D eigenvalue weighted by Gasteiger charge is -2.11. The summed E-state index contributed by atoms with van der Waals surface area (Å²) in [6.45, 7) is 3.87. The van der Waals surface area contributed by atoms with Gasteiger partial charge in [0.05, 0.1) is 6.10 Å². The Hall–Kier alpha value is -1.08. The largest absolute Gasteiger partial charge is 0.461 e. The van der Waals surface area contributed by atoms with Crippen LogP contribution in [0.1, 0.15) is 39.5 Å². The molecular formula is C11H19N5OS. The SMILES string of the molecule is CC(C)Oc1nc(NN)nc(SC2CCCC2)n1. The van der Waals surface area contributed by atoms with Gasteiger partial charge in [-0.1, -0.05) is 24.6 Å². The summed E-state index contributed by atoms with van der Waals surface area (Å²) in [5.41, 5.74) is 2.45. The van der Waals surface area contributed by atoms with Gasteiger partial charge in [-0.2, -0.15) is 15.0 Å². The maximum atomic E-state index is 5.49. The molecule has 0 atom stereocenters. The first kappa shape index (κ1) is 13.4. The van der Waals surface area contributed by atoms with Crippen molar-refractivity contribution in [3.05, 3.63) is 0 Å². The smallest absolute Gasteiger partial charge is 0.322 e. The van der Waals surface area contributed by atoms with Crippen LogP contribution in [0.4, 0.5) is 5.95 Å². The van der Waals surface area contributed by atoms with Gasteiger partial charge >= 0.3 is 6.01 Å². The van der Waals surface area contributed by atoms with Gasteiger partial charge in [-0.3, -0.25) is 5.43 Å². The lowest BCUT2D eigenvalue weighted by atomic mass is 10.4. The number of nitrogens with two attached hydrogens (primary N) is 1. The van der Waals surface area contributed by atoms with E-state index in [2.05, 4.69) is 20.4 Å². The third-order valence-corrected chi connectivity index (χ3v) is 3.84. The third-order valence-electron chi connectivity index (χ3n) is 2.64. The zero-order valence-electron chi connectivity index (χ0n) is 10.7. The lowest BCUT2D eigenvalue weighted by molar-refractivity contribution is 0.219. The van der Waals surface area contributed by atoms with Gasteiger partial charge in [0.1, 0.15) is 0 Å². The Morgan fingerprint density at radius 1 is 1.28 bits per heavy atom. The van der Waals surface area contributed by atoms with Crippen molar-refractivity contribution < 1.29 is 4.74 Å². The van der Waals surface area contributed by atoms with Crippen molar-refractivity contribution in [3.63, 3.8) is 0 Å². The molecule has 1 heterocycles. The fourth-order valence-corrected chi connectivity index (χ4v) is 3.01. The van der Waals surface area contributed by atoms with Crippen LogP contribution in [0, 0.1) is 0 Å². The van der Waals surface area contributed by atoms with E-state index in [1.54, 1.807) is 11.8 Å². The van der Waals surface area contributed by atoms with Gasteiger partial charge in [0.15, 0.2) is 5.16 Å². The average molecular weight is 269 g/mol. The van der Waals surface area contributed by atoms with Crippen LogP contribution in [0.3, 0.4) is 0 Å². The second kappa shape index (κ2) is 6.19. The number of anilines is 1. The molecular weight excluding hydrogens is 250 g/mol. The van der Waals surface area contributed by atoms with Crippen molar-refractivity contribution in [1.29, 1.82) is 0 Å². The van der Waals surface area contributed by atoms with Gasteiger partial charge in [0.25, 0.3) is 0 Å². The predicted molar refractivity (Wildman–Crippen MR) is 71.5 cm³/mol. The standard InChI is InChI=1S/C11H19N5OS/c1-7(2)17-10-13-9(16-12)14-11(15-10)18-8-5-3-4-6-8/h7-8H,3-6,12H2,1-2H3,(H,13,14,15,16). The molecule has 0 amide bonds. The number of nitrogens with zero attached hydrogens (tertiary/aromatic N) is 3. The zero-order chi connectivity index (χ0) is 13.0. The van der Waals surface area contributed by atoms with E-state index < -0.39 is 0 Å². The zero-order valence-corrected chi connectivity index (χ0v) is 11.5. The molecule has 1 aliphatic rings. The van der Waals surface area contributed by atoms with Gasteiger partial charge in [-0.15, -0.1) is 0 Å². The van der Waals surface area contributed by atoms with Crippen LogP contribution in [0.25, 0.3) is 0 Å². The molecule has 0 aromatic carbocycles. The van der Waals surface area contributed by atoms with E-state index in [4.69, 9.17) is 10.6 Å². The number of ether oxygens (including phenoxy) is 1. The first-order chi connectivity index (χ1) is 8.67. The molecule has 0 radical (unpaired) electrons. The number of nitrogens with one attached hydrogen (secondary N) is 1. The van der Waals surface area contributed by atoms with E-state index in [1.807, 2.05) is 13.8 Å². The van der Waals surface area contributed by atoms with Crippen LogP contribution in [0.5, 0.6) is 6.01 Å². The normalized spacial score (nSPS) is 16.2. The summed E-state index contributed by atoms with van der Waals surface area (Å²) >= 11 is 1.68. The van der Waals surface area contributed by atoms with Crippen LogP contribution in [0.15, 0.2) is 5.16 Å². The van der Waals surface area contributed by atoms with Crippen molar-refractivity contribution in [3.8, 4) is 6.01 Å². The Balaban J connectivity index is 2.11. The van der Waals surface area contributed by atoms with E-state index in [-0.39, 0.29) is 6.10 Å². The number of aromatic nitrogens is 3.